The molecule has 0 aliphatic carbocycles. The second-order valence-electron chi connectivity index (χ2n) is 5.85. The van der Waals surface area contributed by atoms with Crippen LogP contribution in [0.3, 0.4) is 0 Å². The third-order valence-electron chi connectivity index (χ3n) is 3.77. The lowest BCUT2D eigenvalue weighted by Crippen LogP contribution is -2.07. The highest BCUT2D eigenvalue weighted by molar-refractivity contribution is 7.14. The van der Waals surface area contributed by atoms with E-state index in [1.54, 1.807) is 24.3 Å². The summed E-state index contributed by atoms with van der Waals surface area (Å²) in [4.78, 5) is 16.6. The van der Waals surface area contributed by atoms with Crippen molar-refractivity contribution in [1.29, 1.82) is 0 Å². The molecule has 0 bridgehead atoms. The highest BCUT2D eigenvalue weighted by atomic mass is 35.5. The minimum atomic E-state index is -0.252. The molecular formula is C20H16Cl2N2OS. The number of anilines is 1. The molecule has 1 N–H and O–H groups in total. The average molecular weight is 403 g/mol. The summed E-state index contributed by atoms with van der Waals surface area (Å²) in [6.45, 7) is 4.10. The fourth-order valence-corrected chi connectivity index (χ4v) is 3.42. The van der Waals surface area contributed by atoms with Crippen molar-refractivity contribution in [2.75, 3.05) is 5.32 Å². The van der Waals surface area contributed by atoms with Gasteiger partial charge in [-0.3, -0.25) is 10.1 Å². The third-order valence-corrected chi connectivity index (χ3v) is 5.27. The van der Waals surface area contributed by atoms with Crippen LogP contribution in [0, 0.1) is 13.8 Å². The van der Waals surface area contributed by atoms with Crippen molar-refractivity contribution in [3.63, 3.8) is 0 Å². The molecule has 0 saturated carbocycles. The zero-order valence-corrected chi connectivity index (χ0v) is 16.5. The summed E-state index contributed by atoms with van der Waals surface area (Å²) in [7, 11) is 0. The van der Waals surface area contributed by atoms with Crippen LogP contribution in [0.25, 0.3) is 17.3 Å². The summed E-state index contributed by atoms with van der Waals surface area (Å²) in [5.41, 5.74) is 5.06. The molecule has 132 valence electrons. The fourth-order valence-electron chi connectivity index (χ4n) is 2.40. The summed E-state index contributed by atoms with van der Waals surface area (Å²) in [6.07, 6.45) is 3.12. The van der Waals surface area contributed by atoms with Gasteiger partial charge in [-0.15, -0.1) is 11.3 Å². The van der Waals surface area contributed by atoms with Gasteiger partial charge in [0.25, 0.3) is 0 Å². The summed E-state index contributed by atoms with van der Waals surface area (Å²) in [6, 6.07) is 11.4. The maximum atomic E-state index is 12.1. The van der Waals surface area contributed by atoms with E-state index in [2.05, 4.69) is 28.5 Å². The third kappa shape index (κ3) is 4.52. The fraction of sp³-hybridized carbons (Fsp3) is 0.100. The highest BCUT2D eigenvalue weighted by Gasteiger charge is 2.09. The standard InChI is InChI=1S/C20H16Cl2N2OS/c1-12-3-4-13(2)15(9-12)18-11-26-20(23-18)24-19(25)8-6-14-5-7-16(21)17(22)10-14/h3-11H,1-2H3,(H,23,24,25). The first-order chi connectivity index (χ1) is 12.4. The Morgan fingerprint density at radius 3 is 2.69 bits per heavy atom. The minimum absolute atomic E-state index is 0.252. The monoisotopic (exact) mass is 402 g/mol. The Morgan fingerprint density at radius 2 is 1.92 bits per heavy atom. The Morgan fingerprint density at radius 1 is 1.12 bits per heavy atom. The molecule has 1 amide bonds. The van der Waals surface area contributed by atoms with E-state index in [0.717, 1.165) is 22.4 Å². The number of hydrogen-bond donors (Lipinski definition) is 1. The zero-order valence-electron chi connectivity index (χ0n) is 14.2. The molecule has 0 spiro atoms. The van der Waals surface area contributed by atoms with E-state index in [-0.39, 0.29) is 5.91 Å². The van der Waals surface area contributed by atoms with Crippen molar-refractivity contribution in [2.24, 2.45) is 0 Å². The maximum absolute atomic E-state index is 12.1. The Balaban J connectivity index is 1.70. The van der Waals surface area contributed by atoms with Crippen LogP contribution >= 0.6 is 34.5 Å². The first-order valence-electron chi connectivity index (χ1n) is 7.89. The molecule has 0 radical (unpaired) electrons. The van der Waals surface area contributed by atoms with Crippen LogP contribution in [0.1, 0.15) is 16.7 Å². The molecule has 2 aromatic carbocycles. The number of rotatable bonds is 4. The van der Waals surface area contributed by atoms with Gasteiger partial charge in [-0.2, -0.15) is 0 Å². The van der Waals surface area contributed by atoms with E-state index in [4.69, 9.17) is 23.2 Å². The van der Waals surface area contributed by atoms with Crippen molar-refractivity contribution in [3.05, 3.63) is 74.6 Å². The number of carbonyl (C=O) groups excluding carboxylic acids is 1. The van der Waals surface area contributed by atoms with Crippen LogP contribution in [0.4, 0.5) is 5.13 Å². The molecule has 3 aromatic rings. The number of amides is 1. The van der Waals surface area contributed by atoms with Crippen molar-refractivity contribution >= 4 is 51.7 Å². The second kappa shape index (κ2) is 8.04. The highest BCUT2D eigenvalue weighted by Crippen LogP contribution is 2.28. The SMILES string of the molecule is Cc1ccc(C)c(-c2csc(NC(=O)C=Cc3ccc(Cl)c(Cl)c3)n2)c1. The lowest BCUT2D eigenvalue weighted by atomic mass is 10.0. The van der Waals surface area contributed by atoms with Gasteiger partial charge >= 0.3 is 0 Å². The van der Waals surface area contributed by atoms with Gasteiger partial charge in [0.2, 0.25) is 5.91 Å². The topological polar surface area (TPSA) is 42.0 Å². The van der Waals surface area contributed by atoms with E-state index >= 15 is 0 Å². The number of hydrogen-bond acceptors (Lipinski definition) is 3. The van der Waals surface area contributed by atoms with Crippen molar-refractivity contribution in [3.8, 4) is 11.3 Å². The number of thiazole rings is 1. The van der Waals surface area contributed by atoms with Crippen LogP contribution in [-0.4, -0.2) is 10.9 Å². The molecule has 3 rings (SSSR count). The molecule has 3 nitrogen and oxygen atoms in total. The molecule has 0 fully saturated rings. The van der Waals surface area contributed by atoms with Gasteiger partial charge in [-0.25, -0.2) is 4.98 Å². The molecule has 0 aliphatic heterocycles. The molecule has 0 atom stereocenters. The largest absolute Gasteiger partial charge is 0.298 e. The molecule has 26 heavy (non-hydrogen) atoms. The summed E-state index contributed by atoms with van der Waals surface area (Å²) >= 11 is 13.2. The predicted octanol–water partition coefficient (Wildman–Crippen LogP) is 6.39. The number of benzene rings is 2. The van der Waals surface area contributed by atoms with Gasteiger partial charge in [0, 0.05) is 17.0 Å². The maximum Gasteiger partial charge on any atom is 0.250 e. The summed E-state index contributed by atoms with van der Waals surface area (Å²) in [5, 5.41) is 6.22. The summed E-state index contributed by atoms with van der Waals surface area (Å²) < 4.78 is 0. The quantitative estimate of drug-likeness (QED) is 0.513. The van der Waals surface area contributed by atoms with Gasteiger partial charge in [-0.05, 0) is 49.2 Å². The Bertz CT molecular complexity index is 995. The number of halogens is 2. The molecule has 1 aromatic heterocycles. The van der Waals surface area contributed by atoms with Crippen molar-refractivity contribution < 1.29 is 4.79 Å². The van der Waals surface area contributed by atoms with Crippen molar-refractivity contribution in [1.82, 2.24) is 4.98 Å². The van der Waals surface area contributed by atoms with Crippen LogP contribution in [0.5, 0.6) is 0 Å². The van der Waals surface area contributed by atoms with Crippen LogP contribution in [0.2, 0.25) is 10.0 Å². The van der Waals surface area contributed by atoms with E-state index in [9.17, 15) is 4.79 Å². The molecular weight excluding hydrogens is 387 g/mol. The number of aromatic nitrogens is 1. The molecule has 0 aliphatic rings. The predicted molar refractivity (Wildman–Crippen MR) is 111 cm³/mol. The molecule has 0 saturated heterocycles. The normalized spacial score (nSPS) is 11.1. The number of nitrogens with zero attached hydrogens (tertiary/aromatic N) is 1. The minimum Gasteiger partial charge on any atom is -0.298 e. The zero-order chi connectivity index (χ0) is 18.7. The number of aryl methyl sites for hydroxylation is 2. The first-order valence-corrected chi connectivity index (χ1v) is 9.53. The average Bonchev–Trinajstić information content (AvgIpc) is 3.06. The molecule has 0 unspecified atom stereocenters. The first kappa shape index (κ1) is 18.6. The van der Waals surface area contributed by atoms with Crippen molar-refractivity contribution in [2.45, 2.75) is 13.8 Å². The molecule has 6 heteroatoms. The van der Waals surface area contributed by atoms with E-state index in [0.29, 0.717) is 15.2 Å². The van der Waals surface area contributed by atoms with E-state index in [1.165, 1.54) is 23.0 Å². The number of nitrogens with one attached hydrogen (secondary N) is 1. The summed E-state index contributed by atoms with van der Waals surface area (Å²) in [5.74, 6) is -0.252. The smallest absolute Gasteiger partial charge is 0.250 e. The van der Waals surface area contributed by atoms with Gasteiger partial charge in [0.15, 0.2) is 5.13 Å². The van der Waals surface area contributed by atoms with Gasteiger partial charge in [0.1, 0.15) is 0 Å². The van der Waals surface area contributed by atoms with Crippen LogP contribution < -0.4 is 5.32 Å². The Kier molecular flexibility index (Phi) is 5.77. The molecule has 1 heterocycles. The van der Waals surface area contributed by atoms with Gasteiger partial charge in [-0.1, -0.05) is 47.0 Å². The van der Waals surface area contributed by atoms with E-state index in [1.807, 2.05) is 19.2 Å². The Hall–Kier alpha value is -2.14. The number of carbonyl (C=O) groups is 1. The lowest BCUT2D eigenvalue weighted by Gasteiger charge is -2.03. The van der Waals surface area contributed by atoms with Gasteiger partial charge in [0.05, 0.1) is 15.7 Å². The second-order valence-corrected chi connectivity index (χ2v) is 7.52. The van der Waals surface area contributed by atoms with Gasteiger partial charge < -0.3 is 0 Å². The Labute approximate surface area is 166 Å². The lowest BCUT2D eigenvalue weighted by molar-refractivity contribution is -0.111. The van der Waals surface area contributed by atoms with E-state index < -0.39 is 0 Å². The van der Waals surface area contributed by atoms with Crippen LogP contribution in [-0.2, 0) is 4.79 Å². The van der Waals surface area contributed by atoms with Crippen LogP contribution in [0.15, 0.2) is 47.9 Å².